The first-order valence-corrected chi connectivity index (χ1v) is 8.55. The van der Waals surface area contributed by atoms with E-state index in [4.69, 9.17) is 5.73 Å². The quantitative estimate of drug-likeness (QED) is 0.463. The number of rotatable bonds is 3. The molecule has 3 heterocycles. The summed E-state index contributed by atoms with van der Waals surface area (Å²) in [4.78, 5) is 11.4. The maximum absolute atomic E-state index is 6.10. The second kappa shape index (κ2) is 8.26. The average molecular weight is 421 g/mol. The Morgan fingerprint density at radius 3 is 2.71 bits per heavy atom. The van der Waals surface area contributed by atoms with Crippen molar-refractivity contribution in [3.05, 3.63) is 11.9 Å². The Bertz CT molecular complexity index is 458. The van der Waals surface area contributed by atoms with Gasteiger partial charge in [-0.1, -0.05) is 24.6 Å². The van der Waals surface area contributed by atoms with Crippen LogP contribution in [-0.4, -0.2) is 45.8 Å². The van der Waals surface area contributed by atoms with Crippen molar-refractivity contribution >= 4 is 41.7 Å². The van der Waals surface area contributed by atoms with Gasteiger partial charge in [-0.15, -0.1) is 24.0 Å². The van der Waals surface area contributed by atoms with E-state index in [1.54, 1.807) is 0 Å². The number of aliphatic imine (C=N–C) groups is 1. The molecule has 0 bridgehead atoms. The maximum Gasteiger partial charge on any atom is 0.191 e. The number of likely N-dealkylation sites (tertiary alicyclic amines) is 1. The molecule has 0 aromatic carbocycles. The molecule has 21 heavy (non-hydrogen) atoms. The highest BCUT2D eigenvalue weighted by molar-refractivity contribution is 14.0. The Hall–Kier alpha value is -0.440. The summed E-state index contributed by atoms with van der Waals surface area (Å²) in [5.74, 6) is 1.87. The Morgan fingerprint density at radius 1 is 1.24 bits per heavy atom. The van der Waals surface area contributed by atoms with Crippen molar-refractivity contribution in [2.45, 2.75) is 43.8 Å². The van der Waals surface area contributed by atoms with E-state index in [2.05, 4.69) is 25.6 Å². The number of aryl methyl sites for hydroxylation is 1. The number of hydrogen-bond donors (Lipinski definition) is 1. The molecule has 1 aromatic heterocycles. The van der Waals surface area contributed by atoms with E-state index in [0.29, 0.717) is 5.96 Å². The molecule has 118 valence electrons. The second-order valence-corrected chi connectivity index (χ2v) is 6.51. The van der Waals surface area contributed by atoms with Gasteiger partial charge in [-0.25, -0.2) is 4.98 Å². The molecule has 0 amide bonds. The van der Waals surface area contributed by atoms with Crippen LogP contribution < -0.4 is 5.73 Å². The standard InChI is InChI=1S/C14H23N5S.HI/c15-13(18-7-3-1-2-4-8-18)16-6-5-12-11-19-9-10-20-14(19)17-12;/h11H,1-10H2,(H2,15,16);1H. The molecule has 0 unspecified atom stereocenters. The third-order valence-corrected chi connectivity index (χ3v) is 4.90. The maximum atomic E-state index is 6.10. The zero-order valence-electron chi connectivity index (χ0n) is 12.3. The molecule has 1 saturated heterocycles. The van der Waals surface area contributed by atoms with Gasteiger partial charge in [0.05, 0.1) is 5.69 Å². The van der Waals surface area contributed by atoms with Crippen molar-refractivity contribution in [2.24, 2.45) is 10.7 Å². The molecule has 0 radical (unpaired) electrons. The van der Waals surface area contributed by atoms with Crippen LogP contribution in [0.3, 0.4) is 0 Å². The molecule has 2 N–H and O–H groups in total. The largest absolute Gasteiger partial charge is 0.370 e. The summed E-state index contributed by atoms with van der Waals surface area (Å²) in [6.07, 6.45) is 8.16. The predicted octanol–water partition coefficient (Wildman–Crippen LogP) is 2.34. The van der Waals surface area contributed by atoms with Gasteiger partial charge >= 0.3 is 0 Å². The summed E-state index contributed by atoms with van der Waals surface area (Å²) < 4.78 is 2.24. The Kier molecular flexibility index (Phi) is 6.66. The number of hydrogen-bond acceptors (Lipinski definition) is 3. The lowest BCUT2D eigenvalue weighted by atomic mass is 10.2. The zero-order chi connectivity index (χ0) is 13.8. The highest BCUT2D eigenvalue weighted by Crippen LogP contribution is 2.24. The van der Waals surface area contributed by atoms with E-state index in [0.717, 1.165) is 49.2 Å². The van der Waals surface area contributed by atoms with Crippen molar-refractivity contribution in [3.8, 4) is 0 Å². The number of imidazole rings is 1. The lowest BCUT2D eigenvalue weighted by Crippen LogP contribution is -2.38. The molecule has 0 spiro atoms. The SMILES string of the molecule is I.NC(=NCCc1cn2c(n1)SCC2)N1CCCCCC1. The highest BCUT2D eigenvalue weighted by Gasteiger charge is 2.14. The van der Waals surface area contributed by atoms with Gasteiger partial charge in [0.1, 0.15) is 0 Å². The molecular formula is C14H24IN5S. The van der Waals surface area contributed by atoms with Crippen molar-refractivity contribution < 1.29 is 0 Å². The Morgan fingerprint density at radius 2 is 2.00 bits per heavy atom. The average Bonchev–Trinajstić information content (AvgIpc) is 2.90. The van der Waals surface area contributed by atoms with Crippen LogP contribution in [0.2, 0.25) is 0 Å². The van der Waals surface area contributed by atoms with Crippen LogP contribution >= 0.6 is 35.7 Å². The summed E-state index contributed by atoms with van der Waals surface area (Å²) in [6, 6.07) is 0. The van der Waals surface area contributed by atoms with Crippen LogP contribution in [0.1, 0.15) is 31.4 Å². The van der Waals surface area contributed by atoms with Gasteiger partial charge in [-0.2, -0.15) is 0 Å². The normalized spacial score (nSPS) is 19.0. The minimum absolute atomic E-state index is 0. The minimum Gasteiger partial charge on any atom is -0.370 e. The number of nitrogens with two attached hydrogens (primary N) is 1. The number of aromatic nitrogens is 2. The lowest BCUT2D eigenvalue weighted by molar-refractivity contribution is 0.428. The van der Waals surface area contributed by atoms with E-state index in [-0.39, 0.29) is 24.0 Å². The molecule has 1 aromatic rings. The van der Waals surface area contributed by atoms with Gasteiger partial charge in [0.2, 0.25) is 0 Å². The van der Waals surface area contributed by atoms with Crippen LogP contribution in [0.5, 0.6) is 0 Å². The molecular weight excluding hydrogens is 397 g/mol. The summed E-state index contributed by atoms with van der Waals surface area (Å²) in [6.45, 7) is 3.95. The molecule has 0 atom stereocenters. The predicted molar refractivity (Wildman–Crippen MR) is 98.6 cm³/mol. The third-order valence-electron chi connectivity index (χ3n) is 3.92. The number of halogens is 1. The van der Waals surface area contributed by atoms with Crippen LogP contribution in [0, 0.1) is 0 Å². The fraction of sp³-hybridized carbons (Fsp3) is 0.714. The Labute approximate surface area is 147 Å². The monoisotopic (exact) mass is 421 g/mol. The highest BCUT2D eigenvalue weighted by atomic mass is 127. The molecule has 0 aliphatic carbocycles. The van der Waals surface area contributed by atoms with Gasteiger partial charge < -0.3 is 15.2 Å². The minimum atomic E-state index is 0. The van der Waals surface area contributed by atoms with E-state index < -0.39 is 0 Å². The summed E-state index contributed by atoms with van der Waals surface area (Å²) in [5, 5.41) is 1.16. The second-order valence-electron chi connectivity index (χ2n) is 5.45. The van der Waals surface area contributed by atoms with Gasteiger partial charge in [0.15, 0.2) is 11.1 Å². The molecule has 7 heteroatoms. The Balaban J connectivity index is 0.00000161. The van der Waals surface area contributed by atoms with Crippen molar-refractivity contribution in [1.82, 2.24) is 14.5 Å². The van der Waals surface area contributed by atoms with Crippen molar-refractivity contribution in [2.75, 3.05) is 25.4 Å². The number of guanidine groups is 1. The fourth-order valence-electron chi connectivity index (χ4n) is 2.77. The lowest BCUT2D eigenvalue weighted by Gasteiger charge is -2.20. The van der Waals surface area contributed by atoms with Crippen LogP contribution in [-0.2, 0) is 13.0 Å². The van der Waals surface area contributed by atoms with Gasteiger partial charge in [0.25, 0.3) is 0 Å². The van der Waals surface area contributed by atoms with E-state index in [9.17, 15) is 0 Å². The molecule has 3 rings (SSSR count). The fourth-order valence-corrected chi connectivity index (χ4v) is 3.73. The van der Waals surface area contributed by atoms with Crippen LogP contribution in [0.25, 0.3) is 0 Å². The van der Waals surface area contributed by atoms with Crippen LogP contribution in [0.15, 0.2) is 16.3 Å². The van der Waals surface area contributed by atoms with Crippen LogP contribution in [0.4, 0.5) is 0 Å². The van der Waals surface area contributed by atoms with Gasteiger partial charge in [-0.05, 0) is 12.8 Å². The first kappa shape index (κ1) is 16.9. The molecule has 2 aliphatic heterocycles. The first-order chi connectivity index (χ1) is 9.83. The van der Waals surface area contributed by atoms with E-state index in [1.807, 2.05) is 11.8 Å². The smallest absolute Gasteiger partial charge is 0.191 e. The molecule has 5 nitrogen and oxygen atoms in total. The molecule has 2 aliphatic rings. The summed E-state index contributed by atoms with van der Waals surface area (Å²) >= 11 is 1.84. The summed E-state index contributed by atoms with van der Waals surface area (Å²) in [7, 11) is 0. The first-order valence-electron chi connectivity index (χ1n) is 7.56. The summed E-state index contributed by atoms with van der Waals surface area (Å²) in [5.41, 5.74) is 7.24. The van der Waals surface area contributed by atoms with Gasteiger partial charge in [0, 0.05) is 44.5 Å². The number of nitrogens with zero attached hydrogens (tertiary/aromatic N) is 4. The van der Waals surface area contributed by atoms with Crippen molar-refractivity contribution in [3.63, 3.8) is 0 Å². The molecule has 0 saturated carbocycles. The zero-order valence-corrected chi connectivity index (χ0v) is 15.5. The molecule has 1 fully saturated rings. The number of fused-ring (bicyclic) bond motifs is 1. The van der Waals surface area contributed by atoms with E-state index in [1.165, 1.54) is 25.7 Å². The third kappa shape index (κ3) is 4.51. The number of thioether (sulfide) groups is 1. The van der Waals surface area contributed by atoms with Gasteiger partial charge in [-0.3, -0.25) is 4.99 Å². The topological polar surface area (TPSA) is 59.4 Å². The van der Waals surface area contributed by atoms with Crippen molar-refractivity contribution in [1.29, 1.82) is 0 Å². The van der Waals surface area contributed by atoms with E-state index >= 15 is 0 Å².